The Morgan fingerprint density at radius 1 is 1.04 bits per heavy atom. The molecule has 3 nitrogen and oxygen atoms in total. The monoisotopic (exact) mass is 382 g/mol. The van der Waals surface area contributed by atoms with Crippen LogP contribution >= 0.6 is 15.9 Å². The van der Waals surface area contributed by atoms with E-state index in [-0.39, 0.29) is 5.91 Å². The summed E-state index contributed by atoms with van der Waals surface area (Å²) in [4.78, 5) is 11.9. The van der Waals surface area contributed by atoms with Crippen LogP contribution in [0.1, 0.15) is 27.2 Å². The Balaban J connectivity index is 2.20. The van der Waals surface area contributed by atoms with Crippen molar-refractivity contribution >= 4 is 21.8 Å². The van der Waals surface area contributed by atoms with Crippen molar-refractivity contribution in [3.8, 4) is 11.3 Å². The van der Waals surface area contributed by atoms with E-state index in [1.165, 1.54) is 5.56 Å². The summed E-state index contributed by atoms with van der Waals surface area (Å²) in [5.74, 6) is -0.379. The average Bonchev–Trinajstić information content (AvgIpc) is 2.80. The number of aromatic nitrogens is 1. The molecule has 1 aromatic heterocycles. The topological polar surface area (TPSA) is 48.0 Å². The third-order valence-corrected chi connectivity index (χ3v) is 4.84. The predicted molar refractivity (Wildman–Crippen MR) is 101 cm³/mol. The first-order chi connectivity index (χ1) is 11.5. The molecule has 0 spiro atoms. The number of amides is 1. The number of primary amides is 1. The van der Waals surface area contributed by atoms with Crippen molar-refractivity contribution in [2.75, 3.05) is 0 Å². The molecule has 4 heteroatoms. The molecular formula is C20H19BrN2O. The maximum absolute atomic E-state index is 11.9. The maximum Gasteiger partial charge on any atom is 0.250 e. The van der Waals surface area contributed by atoms with Crippen molar-refractivity contribution in [1.29, 1.82) is 0 Å². The van der Waals surface area contributed by atoms with Crippen molar-refractivity contribution in [2.45, 2.75) is 20.4 Å². The van der Waals surface area contributed by atoms with Crippen LogP contribution < -0.4 is 5.73 Å². The summed E-state index contributed by atoms with van der Waals surface area (Å²) in [7, 11) is 0. The molecule has 3 aromatic rings. The highest BCUT2D eigenvalue weighted by atomic mass is 79.9. The van der Waals surface area contributed by atoms with Crippen LogP contribution in [0.15, 0.2) is 59.1 Å². The Bertz CT molecular complexity index is 880. The number of halogens is 1. The molecule has 24 heavy (non-hydrogen) atoms. The van der Waals surface area contributed by atoms with Gasteiger partial charge in [-0.25, -0.2) is 0 Å². The normalized spacial score (nSPS) is 10.8. The zero-order valence-corrected chi connectivity index (χ0v) is 15.3. The number of carbonyl (C=O) groups is 1. The lowest BCUT2D eigenvalue weighted by atomic mass is 10.0. The summed E-state index contributed by atoms with van der Waals surface area (Å²) in [5.41, 5.74) is 11.4. The van der Waals surface area contributed by atoms with Crippen LogP contribution in [0.2, 0.25) is 0 Å². The quantitative estimate of drug-likeness (QED) is 0.699. The Morgan fingerprint density at radius 3 is 2.25 bits per heavy atom. The van der Waals surface area contributed by atoms with E-state index in [1.807, 2.05) is 44.2 Å². The highest BCUT2D eigenvalue weighted by Gasteiger charge is 2.21. The molecule has 0 fully saturated rings. The van der Waals surface area contributed by atoms with Gasteiger partial charge in [0, 0.05) is 16.7 Å². The number of carbonyl (C=O) groups excluding carboxylic acids is 1. The average molecular weight is 383 g/mol. The fraction of sp³-hybridized carbons (Fsp3) is 0.150. The molecule has 0 saturated heterocycles. The smallest absolute Gasteiger partial charge is 0.250 e. The second-order valence-corrected chi connectivity index (χ2v) is 6.79. The van der Waals surface area contributed by atoms with Crippen molar-refractivity contribution < 1.29 is 4.79 Å². The van der Waals surface area contributed by atoms with Gasteiger partial charge in [-0.05, 0) is 42.7 Å². The Labute approximate surface area is 150 Å². The van der Waals surface area contributed by atoms with E-state index in [1.54, 1.807) is 0 Å². The summed E-state index contributed by atoms with van der Waals surface area (Å²) in [6, 6.07) is 18.3. The molecule has 0 saturated carbocycles. The third-order valence-electron chi connectivity index (χ3n) is 4.31. The number of benzene rings is 2. The van der Waals surface area contributed by atoms with Crippen molar-refractivity contribution in [1.82, 2.24) is 4.57 Å². The minimum absolute atomic E-state index is 0.379. The lowest BCUT2D eigenvalue weighted by Crippen LogP contribution is -2.13. The van der Waals surface area contributed by atoms with Crippen LogP contribution in [0.4, 0.5) is 0 Å². The van der Waals surface area contributed by atoms with E-state index >= 15 is 0 Å². The highest BCUT2D eigenvalue weighted by Crippen LogP contribution is 2.32. The SMILES string of the molecule is Cc1c(C(N)=O)c(C)n(Cc2ccccc2)c1-c1ccc(Br)cc1. The summed E-state index contributed by atoms with van der Waals surface area (Å²) >= 11 is 3.47. The van der Waals surface area contributed by atoms with Crippen molar-refractivity contribution in [2.24, 2.45) is 5.73 Å². The van der Waals surface area contributed by atoms with E-state index in [0.29, 0.717) is 12.1 Å². The molecular weight excluding hydrogens is 364 g/mol. The molecule has 122 valence electrons. The molecule has 0 unspecified atom stereocenters. The molecule has 2 aromatic carbocycles. The summed E-state index contributed by atoms with van der Waals surface area (Å²) in [5, 5.41) is 0. The van der Waals surface area contributed by atoms with Gasteiger partial charge in [0.25, 0.3) is 5.91 Å². The van der Waals surface area contributed by atoms with Gasteiger partial charge in [-0.3, -0.25) is 4.79 Å². The van der Waals surface area contributed by atoms with E-state index in [2.05, 4.69) is 44.8 Å². The Kier molecular flexibility index (Phi) is 4.58. The van der Waals surface area contributed by atoms with E-state index in [9.17, 15) is 4.79 Å². The highest BCUT2D eigenvalue weighted by molar-refractivity contribution is 9.10. The largest absolute Gasteiger partial charge is 0.366 e. The third kappa shape index (κ3) is 3.02. The molecule has 3 rings (SSSR count). The predicted octanol–water partition coefficient (Wildman–Crippen LogP) is 4.68. The van der Waals surface area contributed by atoms with Gasteiger partial charge in [0.1, 0.15) is 0 Å². The van der Waals surface area contributed by atoms with Crippen LogP contribution in [0.3, 0.4) is 0 Å². The lowest BCUT2D eigenvalue weighted by Gasteiger charge is -2.13. The second-order valence-electron chi connectivity index (χ2n) is 5.88. The van der Waals surface area contributed by atoms with Gasteiger partial charge in [-0.15, -0.1) is 0 Å². The fourth-order valence-electron chi connectivity index (χ4n) is 3.20. The first-order valence-corrected chi connectivity index (χ1v) is 8.57. The molecule has 0 aliphatic heterocycles. The molecule has 0 aliphatic rings. The summed E-state index contributed by atoms with van der Waals surface area (Å²) in [6.45, 7) is 4.62. The second kappa shape index (κ2) is 6.65. The molecule has 0 radical (unpaired) electrons. The van der Waals surface area contributed by atoms with E-state index in [4.69, 9.17) is 5.73 Å². The van der Waals surface area contributed by atoms with Crippen molar-refractivity contribution in [3.63, 3.8) is 0 Å². The van der Waals surface area contributed by atoms with Crippen LogP contribution in [-0.4, -0.2) is 10.5 Å². The number of nitrogens with zero attached hydrogens (tertiary/aromatic N) is 1. The summed E-state index contributed by atoms with van der Waals surface area (Å²) < 4.78 is 3.20. The van der Waals surface area contributed by atoms with Gasteiger partial charge in [-0.1, -0.05) is 58.4 Å². The first kappa shape index (κ1) is 16.5. The number of rotatable bonds is 4. The maximum atomic E-state index is 11.9. The molecule has 0 bridgehead atoms. The van der Waals surface area contributed by atoms with Gasteiger partial charge >= 0.3 is 0 Å². The lowest BCUT2D eigenvalue weighted by molar-refractivity contribution is 0.0999. The van der Waals surface area contributed by atoms with E-state index < -0.39 is 0 Å². The number of nitrogens with two attached hydrogens (primary N) is 1. The zero-order valence-electron chi connectivity index (χ0n) is 13.7. The Morgan fingerprint density at radius 2 is 1.67 bits per heavy atom. The van der Waals surface area contributed by atoms with Gasteiger partial charge in [0.15, 0.2) is 0 Å². The molecule has 2 N–H and O–H groups in total. The number of hydrogen-bond acceptors (Lipinski definition) is 1. The van der Waals surface area contributed by atoms with Crippen LogP contribution in [-0.2, 0) is 6.54 Å². The molecule has 1 heterocycles. The molecule has 0 aliphatic carbocycles. The van der Waals surface area contributed by atoms with E-state index in [0.717, 1.165) is 27.0 Å². The molecule has 0 atom stereocenters. The standard InChI is InChI=1S/C20H19BrN2O/c1-13-18(20(22)24)14(2)23(12-15-6-4-3-5-7-15)19(13)16-8-10-17(21)11-9-16/h3-11H,12H2,1-2H3,(H2,22,24). The zero-order chi connectivity index (χ0) is 17.3. The first-order valence-electron chi connectivity index (χ1n) is 7.78. The van der Waals surface area contributed by atoms with Crippen LogP contribution in [0.25, 0.3) is 11.3 Å². The fourth-order valence-corrected chi connectivity index (χ4v) is 3.47. The minimum atomic E-state index is -0.379. The van der Waals surface area contributed by atoms with Gasteiger partial charge < -0.3 is 10.3 Å². The van der Waals surface area contributed by atoms with Crippen molar-refractivity contribution in [3.05, 3.63) is 81.5 Å². The number of hydrogen-bond donors (Lipinski definition) is 1. The van der Waals surface area contributed by atoms with Gasteiger partial charge in [-0.2, -0.15) is 0 Å². The summed E-state index contributed by atoms with van der Waals surface area (Å²) in [6.07, 6.45) is 0. The van der Waals surface area contributed by atoms with Crippen LogP contribution in [0, 0.1) is 13.8 Å². The minimum Gasteiger partial charge on any atom is -0.366 e. The van der Waals surface area contributed by atoms with Gasteiger partial charge in [0.05, 0.1) is 11.3 Å². The van der Waals surface area contributed by atoms with Gasteiger partial charge in [0.2, 0.25) is 0 Å². The van der Waals surface area contributed by atoms with Crippen LogP contribution in [0.5, 0.6) is 0 Å². The Hall–Kier alpha value is -2.33. The molecule has 1 amide bonds.